The van der Waals surface area contributed by atoms with Gasteiger partial charge in [-0.05, 0) is 23.6 Å². The maximum atomic E-state index is 13.1. The molecule has 0 amide bonds. The zero-order valence-corrected chi connectivity index (χ0v) is 13.3. The second kappa shape index (κ2) is 6.93. The summed E-state index contributed by atoms with van der Waals surface area (Å²) < 4.78 is 13.1. The Morgan fingerprint density at radius 1 is 1.45 bits per heavy atom. The summed E-state index contributed by atoms with van der Waals surface area (Å²) in [5.41, 5.74) is 6.37. The van der Waals surface area contributed by atoms with Gasteiger partial charge in [0, 0.05) is 17.0 Å². The summed E-state index contributed by atoms with van der Waals surface area (Å²) >= 11 is 6.10. The topological polar surface area (TPSA) is 50.4 Å². The first-order valence-electron chi connectivity index (χ1n) is 6.71. The molecule has 0 aliphatic heterocycles. The molecule has 112 valence electrons. The fourth-order valence-electron chi connectivity index (χ4n) is 1.77. The number of rotatable bonds is 5. The summed E-state index contributed by atoms with van der Waals surface area (Å²) in [6.07, 6.45) is 0. The van der Waals surface area contributed by atoms with E-state index in [4.69, 9.17) is 17.3 Å². The minimum atomic E-state index is -0.337. The largest absolute Gasteiger partial charge is 0.370 e. The van der Waals surface area contributed by atoms with Crippen LogP contribution in [0.5, 0.6) is 0 Å². The van der Waals surface area contributed by atoms with Crippen LogP contribution in [-0.2, 0) is 5.41 Å². The summed E-state index contributed by atoms with van der Waals surface area (Å²) in [5, 5.41) is 3.48. The molecule has 0 fully saturated rings. The van der Waals surface area contributed by atoms with Crippen LogP contribution in [0.25, 0.3) is 0 Å². The Hall–Kier alpha value is -1.29. The fraction of sp³-hybridized carbons (Fsp3) is 0.533. The first kappa shape index (κ1) is 16.8. The van der Waals surface area contributed by atoms with Crippen molar-refractivity contribution in [3.63, 3.8) is 0 Å². The lowest BCUT2D eigenvalue weighted by atomic mass is 9.84. The Labute approximate surface area is 125 Å². The molecular weight excluding hydrogens is 277 g/mol. The summed E-state index contributed by atoms with van der Waals surface area (Å²) in [7, 11) is 0. The van der Waals surface area contributed by atoms with Crippen molar-refractivity contribution in [1.29, 1.82) is 0 Å². The van der Waals surface area contributed by atoms with Crippen molar-refractivity contribution in [1.82, 2.24) is 5.32 Å². The van der Waals surface area contributed by atoms with E-state index in [1.807, 2.05) is 13.8 Å². The zero-order chi connectivity index (χ0) is 15.3. The van der Waals surface area contributed by atoms with Gasteiger partial charge in [0.05, 0.1) is 6.54 Å². The lowest BCUT2D eigenvalue weighted by Crippen LogP contribution is -2.35. The molecule has 0 spiro atoms. The number of guanidine groups is 1. The number of hydrogen-bond donors (Lipinski definition) is 2. The minimum Gasteiger partial charge on any atom is -0.370 e. The molecule has 0 radical (unpaired) electrons. The highest BCUT2D eigenvalue weighted by atomic mass is 35.5. The predicted octanol–water partition coefficient (Wildman–Crippen LogP) is 3.32. The van der Waals surface area contributed by atoms with E-state index in [2.05, 4.69) is 24.2 Å². The van der Waals surface area contributed by atoms with Gasteiger partial charge >= 0.3 is 0 Å². The van der Waals surface area contributed by atoms with E-state index in [1.165, 1.54) is 12.1 Å². The van der Waals surface area contributed by atoms with Crippen LogP contribution in [0.4, 0.5) is 4.39 Å². The minimum absolute atomic E-state index is 0.311. The standard InChI is InChI=1S/C15H23ClFN3/c1-10(2)8-19-14(18)20-9-15(3,4)12-6-5-11(17)7-13(12)16/h5-7,10H,8-9H2,1-4H3,(H3,18,19,20). The lowest BCUT2D eigenvalue weighted by molar-refractivity contribution is 0.534. The fourth-order valence-corrected chi connectivity index (χ4v) is 2.19. The van der Waals surface area contributed by atoms with Crippen molar-refractivity contribution in [3.05, 3.63) is 34.6 Å². The molecule has 1 rings (SSSR count). The van der Waals surface area contributed by atoms with Crippen molar-refractivity contribution < 1.29 is 4.39 Å². The molecule has 1 aromatic rings. The van der Waals surface area contributed by atoms with E-state index in [1.54, 1.807) is 6.07 Å². The zero-order valence-electron chi connectivity index (χ0n) is 12.5. The smallest absolute Gasteiger partial charge is 0.188 e. The number of benzene rings is 1. The van der Waals surface area contributed by atoms with Gasteiger partial charge in [0.1, 0.15) is 5.82 Å². The molecule has 0 atom stereocenters. The maximum Gasteiger partial charge on any atom is 0.188 e. The molecule has 0 heterocycles. The number of nitrogens with zero attached hydrogens (tertiary/aromatic N) is 1. The third kappa shape index (κ3) is 5.00. The number of aliphatic imine (C=N–C) groups is 1. The van der Waals surface area contributed by atoms with Gasteiger partial charge in [0.2, 0.25) is 0 Å². The maximum absolute atomic E-state index is 13.1. The number of nitrogens with one attached hydrogen (secondary N) is 1. The molecule has 0 aliphatic carbocycles. The van der Waals surface area contributed by atoms with Crippen molar-refractivity contribution in [2.45, 2.75) is 33.1 Å². The Kier molecular flexibility index (Phi) is 5.81. The molecule has 0 aromatic heterocycles. The van der Waals surface area contributed by atoms with Crippen LogP contribution in [0.2, 0.25) is 5.02 Å². The average Bonchev–Trinajstić information content (AvgIpc) is 2.33. The molecule has 3 nitrogen and oxygen atoms in total. The first-order chi connectivity index (χ1) is 9.22. The summed E-state index contributed by atoms with van der Waals surface area (Å²) in [6, 6.07) is 4.43. The third-order valence-corrected chi connectivity index (χ3v) is 3.31. The van der Waals surface area contributed by atoms with E-state index in [9.17, 15) is 4.39 Å². The lowest BCUT2D eigenvalue weighted by Gasteiger charge is -2.24. The number of hydrogen-bond acceptors (Lipinski definition) is 1. The summed E-state index contributed by atoms with van der Waals surface area (Å²) in [5.74, 6) is 0.587. The van der Waals surface area contributed by atoms with Gasteiger partial charge in [-0.1, -0.05) is 45.4 Å². The third-order valence-electron chi connectivity index (χ3n) is 3.00. The van der Waals surface area contributed by atoms with Crippen molar-refractivity contribution >= 4 is 17.6 Å². The van der Waals surface area contributed by atoms with Crippen LogP contribution in [0.15, 0.2) is 23.2 Å². The van der Waals surface area contributed by atoms with Crippen LogP contribution in [-0.4, -0.2) is 19.0 Å². The summed E-state index contributed by atoms with van der Waals surface area (Å²) in [6.45, 7) is 9.48. The molecular formula is C15H23ClFN3. The van der Waals surface area contributed by atoms with Gasteiger partial charge in [-0.2, -0.15) is 0 Å². The van der Waals surface area contributed by atoms with Crippen LogP contribution in [0, 0.1) is 11.7 Å². The van der Waals surface area contributed by atoms with Crippen molar-refractivity contribution in [2.75, 3.05) is 13.1 Å². The Morgan fingerprint density at radius 2 is 2.10 bits per heavy atom. The highest BCUT2D eigenvalue weighted by Gasteiger charge is 2.23. The highest BCUT2D eigenvalue weighted by molar-refractivity contribution is 6.31. The second-order valence-electron chi connectivity index (χ2n) is 5.98. The molecule has 0 unspecified atom stereocenters. The van der Waals surface area contributed by atoms with Gasteiger partial charge in [0.25, 0.3) is 0 Å². The molecule has 5 heteroatoms. The molecule has 0 saturated carbocycles. The van der Waals surface area contributed by atoms with Gasteiger partial charge in [-0.15, -0.1) is 0 Å². The van der Waals surface area contributed by atoms with Gasteiger partial charge in [-0.3, -0.25) is 4.99 Å². The number of nitrogens with two attached hydrogens (primary N) is 1. The highest BCUT2D eigenvalue weighted by Crippen LogP contribution is 2.30. The molecule has 3 N–H and O–H groups in total. The van der Waals surface area contributed by atoms with E-state index < -0.39 is 0 Å². The Balaban J connectivity index is 2.76. The van der Waals surface area contributed by atoms with Crippen LogP contribution in [0.3, 0.4) is 0 Å². The van der Waals surface area contributed by atoms with E-state index in [0.717, 1.165) is 12.1 Å². The molecule has 0 bridgehead atoms. The van der Waals surface area contributed by atoms with Crippen molar-refractivity contribution in [3.8, 4) is 0 Å². The van der Waals surface area contributed by atoms with Crippen LogP contribution < -0.4 is 11.1 Å². The van der Waals surface area contributed by atoms with Crippen LogP contribution in [0.1, 0.15) is 33.3 Å². The quantitative estimate of drug-likeness (QED) is 0.647. The molecule has 0 saturated heterocycles. The van der Waals surface area contributed by atoms with E-state index >= 15 is 0 Å². The first-order valence-corrected chi connectivity index (χ1v) is 7.09. The summed E-state index contributed by atoms with van der Waals surface area (Å²) in [4.78, 5) is 4.34. The van der Waals surface area contributed by atoms with Crippen molar-refractivity contribution in [2.24, 2.45) is 16.6 Å². The Morgan fingerprint density at radius 3 is 2.65 bits per heavy atom. The monoisotopic (exact) mass is 299 g/mol. The number of halogens is 2. The van der Waals surface area contributed by atoms with Gasteiger partial charge in [0.15, 0.2) is 5.96 Å². The van der Waals surface area contributed by atoms with E-state index in [-0.39, 0.29) is 11.2 Å². The van der Waals surface area contributed by atoms with Gasteiger partial charge < -0.3 is 11.1 Å². The molecule has 0 aliphatic rings. The Bertz CT molecular complexity index is 484. The molecule has 1 aromatic carbocycles. The normalized spacial score (nSPS) is 12.8. The van der Waals surface area contributed by atoms with E-state index in [0.29, 0.717) is 23.4 Å². The van der Waals surface area contributed by atoms with Gasteiger partial charge in [-0.25, -0.2) is 4.39 Å². The second-order valence-corrected chi connectivity index (χ2v) is 6.39. The predicted molar refractivity (Wildman–Crippen MR) is 83.8 cm³/mol. The van der Waals surface area contributed by atoms with Crippen LogP contribution >= 0.6 is 11.6 Å². The average molecular weight is 300 g/mol. The SMILES string of the molecule is CC(C)CNC(N)=NCC(C)(C)c1ccc(F)cc1Cl. The molecule has 20 heavy (non-hydrogen) atoms.